The molecule has 1 unspecified atom stereocenters. The molecule has 1 nitrogen and oxygen atoms in total. The van der Waals surface area contributed by atoms with Gasteiger partial charge in [0.25, 0.3) is 0 Å². The van der Waals surface area contributed by atoms with Gasteiger partial charge in [0.05, 0.1) is 0 Å². The molecule has 0 aromatic heterocycles. The summed E-state index contributed by atoms with van der Waals surface area (Å²) in [5.74, 6) is -0.134. The van der Waals surface area contributed by atoms with E-state index in [1.165, 1.54) is 6.92 Å². The van der Waals surface area contributed by atoms with Crippen LogP contribution in [0.2, 0.25) is 5.02 Å². The molecule has 0 N–H and O–H groups in total. The van der Waals surface area contributed by atoms with Crippen molar-refractivity contribution in [1.82, 2.24) is 0 Å². The van der Waals surface area contributed by atoms with Crippen molar-refractivity contribution in [3.05, 3.63) is 28.8 Å². The van der Waals surface area contributed by atoms with Crippen LogP contribution in [0.5, 0.6) is 0 Å². The summed E-state index contributed by atoms with van der Waals surface area (Å²) in [5, 5.41) is -0.232. The monoisotopic (exact) mass is 234 g/mol. The predicted molar refractivity (Wildman–Crippen MR) is 58.0 cm³/mol. The highest BCUT2D eigenvalue weighted by molar-refractivity contribution is 7.80. The van der Waals surface area contributed by atoms with Gasteiger partial charge in [-0.15, -0.1) is 24.2 Å². The minimum atomic E-state index is -0.707. The predicted octanol–water partition coefficient (Wildman–Crippen LogP) is 3.50. The van der Waals surface area contributed by atoms with Gasteiger partial charge in [0, 0.05) is 15.5 Å². The molecule has 0 saturated heterocycles. The Labute approximate surface area is 92.4 Å². The molecule has 0 aliphatic rings. The van der Waals surface area contributed by atoms with E-state index < -0.39 is 5.38 Å². The highest BCUT2D eigenvalue weighted by Gasteiger charge is 2.18. The molecule has 0 aliphatic heterocycles. The van der Waals surface area contributed by atoms with Crippen LogP contribution >= 0.6 is 35.8 Å². The second-order valence-electron chi connectivity index (χ2n) is 2.65. The average Bonchev–Trinajstić information content (AvgIpc) is 2.03. The Balaban J connectivity index is 3.20. The fourth-order valence-corrected chi connectivity index (χ4v) is 2.03. The fourth-order valence-electron chi connectivity index (χ4n) is 0.980. The van der Waals surface area contributed by atoms with Gasteiger partial charge in [-0.05, 0) is 19.1 Å². The van der Waals surface area contributed by atoms with Crippen LogP contribution in [0.25, 0.3) is 0 Å². The Morgan fingerprint density at radius 3 is 2.62 bits per heavy atom. The normalized spacial score (nSPS) is 12.6. The SMILES string of the molecule is CC(=O)C(Cl)c1c(S)cccc1Cl. The van der Waals surface area contributed by atoms with Crippen molar-refractivity contribution in [3.63, 3.8) is 0 Å². The summed E-state index contributed by atoms with van der Waals surface area (Å²) >= 11 is 15.9. The van der Waals surface area contributed by atoms with Gasteiger partial charge in [-0.3, -0.25) is 4.79 Å². The van der Waals surface area contributed by atoms with Crippen molar-refractivity contribution in [2.45, 2.75) is 17.2 Å². The summed E-state index contributed by atoms with van der Waals surface area (Å²) in [6.45, 7) is 1.42. The molecular weight excluding hydrogens is 227 g/mol. The molecule has 0 aliphatic carbocycles. The van der Waals surface area contributed by atoms with E-state index in [0.29, 0.717) is 15.5 Å². The highest BCUT2D eigenvalue weighted by Crippen LogP contribution is 2.33. The molecule has 1 atom stereocenters. The zero-order valence-electron chi connectivity index (χ0n) is 6.92. The second kappa shape index (κ2) is 4.36. The molecule has 1 aromatic rings. The lowest BCUT2D eigenvalue weighted by atomic mass is 10.1. The summed E-state index contributed by atoms with van der Waals surface area (Å²) in [7, 11) is 0. The molecule has 0 amide bonds. The van der Waals surface area contributed by atoms with Crippen LogP contribution in [-0.4, -0.2) is 5.78 Å². The maximum Gasteiger partial charge on any atom is 0.152 e. The lowest BCUT2D eigenvalue weighted by Gasteiger charge is -2.10. The van der Waals surface area contributed by atoms with E-state index in [1.54, 1.807) is 18.2 Å². The summed E-state index contributed by atoms with van der Waals surface area (Å²) < 4.78 is 0. The van der Waals surface area contributed by atoms with Gasteiger partial charge < -0.3 is 0 Å². The van der Waals surface area contributed by atoms with Crippen LogP contribution in [-0.2, 0) is 4.79 Å². The number of thiol groups is 1. The minimum Gasteiger partial charge on any atom is -0.298 e. The smallest absolute Gasteiger partial charge is 0.152 e. The largest absolute Gasteiger partial charge is 0.298 e. The van der Waals surface area contributed by atoms with Crippen molar-refractivity contribution in [2.24, 2.45) is 0 Å². The Kier molecular flexibility index (Phi) is 3.65. The van der Waals surface area contributed by atoms with Crippen LogP contribution in [0.1, 0.15) is 17.9 Å². The summed E-state index contributed by atoms with van der Waals surface area (Å²) in [5.41, 5.74) is 0.585. The molecule has 0 fully saturated rings. The number of carbonyl (C=O) groups is 1. The fraction of sp³-hybridized carbons (Fsp3) is 0.222. The van der Waals surface area contributed by atoms with E-state index in [1.807, 2.05) is 0 Å². The maximum absolute atomic E-state index is 11.0. The summed E-state index contributed by atoms with van der Waals surface area (Å²) in [6, 6.07) is 5.20. The number of Topliss-reactive ketones (excluding diaryl/α,β-unsaturated/α-hetero) is 1. The zero-order valence-corrected chi connectivity index (χ0v) is 9.33. The van der Waals surface area contributed by atoms with Crippen LogP contribution < -0.4 is 0 Å². The number of rotatable bonds is 2. The average molecular weight is 235 g/mol. The third-order valence-electron chi connectivity index (χ3n) is 1.64. The highest BCUT2D eigenvalue weighted by atomic mass is 35.5. The Morgan fingerprint density at radius 2 is 2.15 bits per heavy atom. The molecule has 0 radical (unpaired) electrons. The van der Waals surface area contributed by atoms with Gasteiger partial charge in [0.2, 0.25) is 0 Å². The second-order valence-corrected chi connectivity index (χ2v) is 3.97. The van der Waals surface area contributed by atoms with Crippen LogP contribution in [0.3, 0.4) is 0 Å². The van der Waals surface area contributed by atoms with Crippen molar-refractivity contribution in [2.75, 3.05) is 0 Å². The van der Waals surface area contributed by atoms with Gasteiger partial charge in [0.15, 0.2) is 5.78 Å². The quantitative estimate of drug-likeness (QED) is 0.613. The number of hydrogen-bond donors (Lipinski definition) is 1. The Morgan fingerprint density at radius 1 is 1.54 bits per heavy atom. The first-order chi connectivity index (χ1) is 6.04. The van der Waals surface area contributed by atoms with Crippen molar-refractivity contribution < 1.29 is 4.79 Å². The molecule has 1 aromatic carbocycles. The van der Waals surface area contributed by atoms with E-state index >= 15 is 0 Å². The molecular formula is C9H8Cl2OS. The van der Waals surface area contributed by atoms with Gasteiger partial charge >= 0.3 is 0 Å². The summed E-state index contributed by atoms with van der Waals surface area (Å²) in [6.07, 6.45) is 0. The Bertz CT molecular complexity index is 318. The number of halogens is 2. The van der Waals surface area contributed by atoms with Gasteiger partial charge in [-0.1, -0.05) is 17.7 Å². The molecule has 0 saturated carbocycles. The van der Waals surface area contributed by atoms with Gasteiger partial charge in [-0.25, -0.2) is 0 Å². The van der Waals surface area contributed by atoms with E-state index in [2.05, 4.69) is 12.6 Å². The van der Waals surface area contributed by atoms with Gasteiger partial charge in [-0.2, -0.15) is 0 Å². The van der Waals surface area contributed by atoms with Crippen LogP contribution in [0.15, 0.2) is 23.1 Å². The van der Waals surface area contributed by atoms with E-state index in [9.17, 15) is 4.79 Å². The maximum atomic E-state index is 11.0. The molecule has 0 bridgehead atoms. The molecule has 0 spiro atoms. The molecule has 4 heteroatoms. The minimum absolute atomic E-state index is 0.134. The van der Waals surface area contributed by atoms with E-state index in [4.69, 9.17) is 23.2 Å². The first-order valence-corrected chi connectivity index (χ1v) is 4.92. The van der Waals surface area contributed by atoms with Crippen LogP contribution in [0.4, 0.5) is 0 Å². The Hall–Kier alpha value is -0.180. The molecule has 13 heavy (non-hydrogen) atoms. The first-order valence-electron chi connectivity index (χ1n) is 3.66. The van der Waals surface area contributed by atoms with Crippen molar-refractivity contribution in [3.8, 4) is 0 Å². The summed E-state index contributed by atoms with van der Waals surface area (Å²) in [4.78, 5) is 11.7. The zero-order chi connectivity index (χ0) is 10.0. The van der Waals surface area contributed by atoms with E-state index in [-0.39, 0.29) is 5.78 Å². The number of alkyl halides is 1. The number of hydrogen-bond acceptors (Lipinski definition) is 2. The number of carbonyl (C=O) groups excluding carboxylic acids is 1. The number of benzene rings is 1. The first kappa shape index (κ1) is 10.9. The lowest BCUT2D eigenvalue weighted by Crippen LogP contribution is -2.03. The van der Waals surface area contributed by atoms with Crippen molar-refractivity contribution in [1.29, 1.82) is 0 Å². The van der Waals surface area contributed by atoms with Crippen LogP contribution in [0, 0.1) is 0 Å². The third-order valence-corrected chi connectivity index (χ3v) is 2.89. The molecule has 70 valence electrons. The molecule has 0 heterocycles. The third kappa shape index (κ3) is 2.39. The van der Waals surface area contributed by atoms with Crippen molar-refractivity contribution >= 4 is 41.6 Å². The topological polar surface area (TPSA) is 17.1 Å². The van der Waals surface area contributed by atoms with Gasteiger partial charge in [0.1, 0.15) is 5.38 Å². The lowest BCUT2D eigenvalue weighted by molar-refractivity contribution is -0.116. The van der Waals surface area contributed by atoms with E-state index in [0.717, 1.165) is 0 Å². The molecule has 1 rings (SSSR count). The number of ketones is 1. The standard InChI is InChI=1S/C9H8Cl2OS/c1-5(12)9(11)8-6(10)3-2-4-7(8)13/h2-4,9,13H,1H3.